The van der Waals surface area contributed by atoms with Crippen molar-refractivity contribution in [2.24, 2.45) is 16.6 Å². The summed E-state index contributed by atoms with van der Waals surface area (Å²) in [6.45, 7) is 5.62. The van der Waals surface area contributed by atoms with Gasteiger partial charge in [0.2, 0.25) is 0 Å². The maximum Gasteiger partial charge on any atom is 0.188 e. The topological polar surface area (TPSA) is 79.1 Å². The molecule has 0 aliphatic rings. The third kappa shape index (κ3) is 3.93. The van der Waals surface area contributed by atoms with E-state index in [1.165, 1.54) is 0 Å². The Kier molecular flexibility index (Phi) is 3.97. The number of aliphatic imine (C=N–C) groups is 1. The van der Waals surface area contributed by atoms with Crippen LogP contribution in [0.4, 0.5) is 0 Å². The number of hydrogen-bond donors (Lipinski definition) is 3. The van der Waals surface area contributed by atoms with Crippen LogP contribution in [0.2, 0.25) is 0 Å². The average molecular weight is 195 g/mol. The second-order valence-electron chi connectivity index (χ2n) is 3.55. The minimum atomic E-state index is 0.480. The number of imidazole rings is 1. The SMILES string of the molecule is CC(C)CNC(N)=NCc1cnc[nH]1. The van der Waals surface area contributed by atoms with E-state index in [9.17, 15) is 0 Å². The Balaban J connectivity index is 2.30. The molecule has 1 rings (SSSR count). The molecular formula is C9H17N5. The van der Waals surface area contributed by atoms with E-state index in [2.05, 4.69) is 34.1 Å². The summed E-state index contributed by atoms with van der Waals surface area (Å²) >= 11 is 0. The molecule has 14 heavy (non-hydrogen) atoms. The smallest absolute Gasteiger partial charge is 0.188 e. The average Bonchev–Trinajstić information content (AvgIpc) is 2.63. The predicted molar refractivity (Wildman–Crippen MR) is 56.8 cm³/mol. The van der Waals surface area contributed by atoms with Crippen molar-refractivity contribution in [3.8, 4) is 0 Å². The molecule has 0 amide bonds. The fourth-order valence-electron chi connectivity index (χ4n) is 0.906. The molecule has 4 N–H and O–H groups in total. The summed E-state index contributed by atoms with van der Waals surface area (Å²) in [4.78, 5) is 11.0. The maximum absolute atomic E-state index is 5.64. The van der Waals surface area contributed by atoms with Gasteiger partial charge in [-0.1, -0.05) is 13.8 Å². The Morgan fingerprint density at radius 3 is 3.07 bits per heavy atom. The van der Waals surface area contributed by atoms with Crippen LogP contribution < -0.4 is 11.1 Å². The molecule has 0 saturated heterocycles. The van der Waals surface area contributed by atoms with E-state index < -0.39 is 0 Å². The highest BCUT2D eigenvalue weighted by Crippen LogP contribution is 1.92. The first-order valence-electron chi connectivity index (χ1n) is 4.69. The van der Waals surface area contributed by atoms with Gasteiger partial charge in [0.05, 0.1) is 18.6 Å². The Hall–Kier alpha value is -1.52. The first-order chi connectivity index (χ1) is 6.68. The second kappa shape index (κ2) is 5.26. The second-order valence-corrected chi connectivity index (χ2v) is 3.55. The third-order valence-electron chi connectivity index (χ3n) is 1.67. The Labute approximate surface area is 83.8 Å². The van der Waals surface area contributed by atoms with Gasteiger partial charge in [-0.3, -0.25) is 0 Å². The van der Waals surface area contributed by atoms with Crippen LogP contribution in [0.25, 0.3) is 0 Å². The highest BCUT2D eigenvalue weighted by atomic mass is 15.1. The third-order valence-corrected chi connectivity index (χ3v) is 1.67. The van der Waals surface area contributed by atoms with Crippen molar-refractivity contribution in [2.75, 3.05) is 6.54 Å². The molecule has 78 valence electrons. The van der Waals surface area contributed by atoms with Crippen molar-refractivity contribution < 1.29 is 0 Å². The molecule has 0 aromatic carbocycles. The summed E-state index contributed by atoms with van der Waals surface area (Å²) in [7, 11) is 0. The number of aromatic amines is 1. The van der Waals surface area contributed by atoms with Crippen LogP contribution in [0, 0.1) is 5.92 Å². The van der Waals surface area contributed by atoms with Gasteiger partial charge in [-0.15, -0.1) is 0 Å². The van der Waals surface area contributed by atoms with Gasteiger partial charge in [-0.05, 0) is 5.92 Å². The summed E-state index contributed by atoms with van der Waals surface area (Å²) in [6, 6.07) is 0. The summed E-state index contributed by atoms with van der Waals surface area (Å²) in [6.07, 6.45) is 3.36. The van der Waals surface area contributed by atoms with E-state index >= 15 is 0 Å². The quantitative estimate of drug-likeness (QED) is 0.482. The minimum Gasteiger partial charge on any atom is -0.370 e. The number of nitrogens with one attached hydrogen (secondary N) is 2. The van der Waals surface area contributed by atoms with Crippen LogP contribution in [-0.4, -0.2) is 22.5 Å². The zero-order valence-corrected chi connectivity index (χ0v) is 8.62. The standard InChI is InChI=1S/C9H17N5/c1-7(2)3-12-9(10)13-5-8-4-11-6-14-8/h4,6-7H,3,5H2,1-2H3,(H,11,14)(H3,10,12,13). The maximum atomic E-state index is 5.64. The minimum absolute atomic E-state index is 0.480. The normalized spacial score (nSPS) is 12.1. The molecular weight excluding hydrogens is 178 g/mol. The van der Waals surface area contributed by atoms with Crippen LogP contribution in [0.5, 0.6) is 0 Å². The zero-order valence-electron chi connectivity index (χ0n) is 8.62. The van der Waals surface area contributed by atoms with Crippen LogP contribution >= 0.6 is 0 Å². The molecule has 0 spiro atoms. The number of nitrogens with two attached hydrogens (primary N) is 1. The molecule has 0 atom stereocenters. The van der Waals surface area contributed by atoms with Crippen molar-refractivity contribution in [1.29, 1.82) is 0 Å². The van der Waals surface area contributed by atoms with E-state index in [4.69, 9.17) is 5.73 Å². The molecule has 0 radical (unpaired) electrons. The van der Waals surface area contributed by atoms with Gasteiger partial charge in [0.15, 0.2) is 5.96 Å². The number of H-pyrrole nitrogens is 1. The molecule has 0 unspecified atom stereocenters. The number of rotatable bonds is 4. The molecule has 0 saturated carbocycles. The Morgan fingerprint density at radius 2 is 2.50 bits per heavy atom. The number of hydrogen-bond acceptors (Lipinski definition) is 2. The molecule has 1 aromatic rings. The lowest BCUT2D eigenvalue weighted by Gasteiger charge is -2.07. The van der Waals surface area contributed by atoms with Crippen LogP contribution in [0.1, 0.15) is 19.5 Å². The number of nitrogens with zero attached hydrogens (tertiary/aromatic N) is 2. The summed E-state index contributed by atoms with van der Waals surface area (Å²) in [5.74, 6) is 1.05. The van der Waals surface area contributed by atoms with Crippen molar-refractivity contribution in [3.05, 3.63) is 18.2 Å². The molecule has 5 nitrogen and oxygen atoms in total. The lowest BCUT2D eigenvalue weighted by Crippen LogP contribution is -2.34. The van der Waals surface area contributed by atoms with Crippen molar-refractivity contribution in [2.45, 2.75) is 20.4 Å². The van der Waals surface area contributed by atoms with Gasteiger partial charge in [0.25, 0.3) is 0 Å². The Morgan fingerprint density at radius 1 is 1.71 bits per heavy atom. The highest BCUT2D eigenvalue weighted by molar-refractivity contribution is 5.77. The van der Waals surface area contributed by atoms with Crippen molar-refractivity contribution in [3.63, 3.8) is 0 Å². The number of guanidine groups is 1. The van der Waals surface area contributed by atoms with Crippen LogP contribution in [-0.2, 0) is 6.54 Å². The predicted octanol–water partition coefficient (Wildman–Crippen LogP) is 0.470. The molecule has 0 fully saturated rings. The number of aromatic nitrogens is 2. The lowest BCUT2D eigenvalue weighted by atomic mass is 10.2. The molecule has 0 aliphatic heterocycles. The van der Waals surface area contributed by atoms with Gasteiger partial charge < -0.3 is 16.0 Å². The molecule has 0 bridgehead atoms. The van der Waals surface area contributed by atoms with Gasteiger partial charge in [0, 0.05) is 12.7 Å². The fraction of sp³-hybridized carbons (Fsp3) is 0.556. The van der Waals surface area contributed by atoms with Gasteiger partial charge >= 0.3 is 0 Å². The monoisotopic (exact) mass is 195 g/mol. The summed E-state index contributed by atoms with van der Waals surface area (Å²) in [5, 5.41) is 3.04. The van der Waals surface area contributed by atoms with Crippen LogP contribution in [0.15, 0.2) is 17.5 Å². The molecule has 1 aromatic heterocycles. The Bertz CT molecular complexity index is 275. The molecule has 5 heteroatoms. The van der Waals surface area contributed by atoms with E-state index in [-0.39, 0.29) is 0 Å². The van der Waals surface area contributed by atoms with Crippen molar-refractivity contribution in [1.82, 2.24) is 15.3 Å². The molecule has 1 heterocycles. The largest absolute Gasteiger partial charge is 0.370 e. The van der Waals surface area contributed by atoms with E-state index in [1.54, 1.807) is 12.5 Å². The van der Waals surface area contributed by atoms with Crippen molar-refractivity contribution >= 4 is 5.96 Å². The highest BCUT2D eigenvalue weighted by Gasteiger charge is 1.95. The van der Waals surface area contributed by atoms with Gasteiger partial charge in [0.1, 0.15) is 0 Å². The zero-order chi connectivity index (χ0) is 10.4. The fourth-order valence-corrected chi connectivity index (χ4v) is 0.906. The van der Waals surface area contributed by atoms with Crippen LogP contribution in [0.3, 0.4) is 0 Å². The van der Waals surface area contributed by atoms with E-state index in [0.29, 0.717) is 18.4 Å². The van der Waals surface area contributed by atoms with E-state index in [1.807, 2.05) is 0 Å². The summed E-state index contributed by atoms with van der Waals surface area (Å²) < 4.78 is 0. The summed E-state index contributed by atoms with van der Waals surface area (Å²) in [5.41, 5.74) is 6.60. The first-order valence-corrected chi connectivity index (χ1v) is 4.69. The lowest BCUT2D eigenvalue weighted by molar-refractivity contribution is 0.621. The first kappa shape index (κ1) is 10.6. The van der Waals surface area contributed by atoms with Gasteiger partial charge in [-0.25, -0.2) is 9.98 Å². The van der Waals surface area contributed by atoms with Gasteiger partial charge in [-0.2, -0.15) is 0 Å². The molecule has 0 aliphatic carbocycles. The van der Waals surface area contributed by atoms with E-state index in [0.717, 1.165) is 12.2 Å².